The van der Waals surface area contributed by atoms with E-state index in [4.69, 9.17) is 13.6 Å². The molecule has 9 heteroatoms. The number of ether oxygens (including phenoxy) is 1. The quantitative estimate of drug-likeness (QED) is 0.355. The minimum absolute atomic E-state index is 0.0576. The molecule has 0 atom stereocenters. The predicted octanol–water partition coefficient (Wildman–Crippen LogP) is 5.03. The van der Waals surface area contributed by atoms with E-state index in [-0.39, 0.29) is 11.7 Å². The Morgan fingerprint density at radius 2 is 2.03 bits per heavy atom. The highest BCUT2D eigenvalue weighted by Crippen LogP contribution is 2.28. The molecule has 0 aliphatic rings. The summed E-state index contributed by atoms with van der Waals surface area (Å²) in [6.07, 6.45) is 1.57. The molecule has 0 radical (unpaired) electrons. The second kappa shape index (κ2) is 9.19. The van der Waals surface area contributed by atoms with Gasteiger partial charge in [-0.15, -0.1) is 21.5 Å². The molecule has 0 fully saturated rings. The van der Waals surface area contributed by atoms with Gasteiger partial charge in [0.15, 0.2) is 0 Å². The number of benzene rings is 1. The first-order valence-electron chi connectivity index (χ1n) is 9.11. The number of methoxy groups -OCH3 is 1. The summed E-state index contributed by atoms with van der Waals surface area (Å²) in [5.41, 5.74) is 1.55. The molecule has 154 valence electrons. The van der Waals surface area contributed by atoms with Gasteiger partial charge in [-0.3, -0.25) is 4.79 Å². The summed E-state index contributed by atoms with van der Waals surface area (Å²) in [7, 11) is 1.61. The number of carbonyl (C=O) groups is 1. The van der Waals surface area contributed by atoms with Crippen molar-refractivity contribution in [2.75, 3.05) is 17.8 Å². The zero-order chi connectivity index (χ0) is 20.9. The zero-order valence-corrected chi connectivity index (χ0v) is 18.0. The first-order valence-corrected chi connectivity index (χ1v) is 11.0. The minimum atomic E-state index is -0.0576. The monoisotopic (exact) mass is 441 g/mol. The molecule has 4 aromatic rings. The van der Waals surface area contributed by atoms with Gasteiger partial charge in [-0.25, -0.2) is 0 Å². The smallest absolute Gasteiger partial charge is 0.277 e. The Morgan fingerprint density at radius 1 is 1.20 bits per heavy atom. The van der Waals surface area contributed by atoms with E-state index in [0.717, 1.165) is 21.9 Å². The molecule has 4 rings (SSSR count). The largest absolute Gasteiger partial charge is 0.497 e. The van der Waals surface area contributed by atoms with Crippen molar-refractivity contribution in [3.63, 3.8) is 0 Å². The number of furan rings is 1. The molecule has 1 aromatic carbocycles. The highest BCUT2D eigenvalue weighted by molar-refractivity contribution is 7.99. The van der Waals surface area contributed by atoms with Crippen LogP contribution in [0.4, 0.5) is 5.69 Å². The molecule has 0 unspecified atom stereocenters. The number of carbonyl (C=O) groups excluding carboxylic acids is 1. The van der Waals surface area contributed by atoms with Gasteiger partial charge in [0.2, 0.25) is 5.91 Å². The van der Waals surface area contributed by atoms with Crippen molar-refractivity contribution in [1.29, 1.82) is 0 Å². The fourth-order valence-electron chi connectivity index (χ4n) is 2.83. The molecule has 1 amide bonds. The normalized spacial score (nSPS) is 10.9. The SMILES string of the molecule is COc1ccc(N(Cc2cccs2)C(=O)CSc2nnc(-c3ccoc3C)o2)cc1. The number of aryl methyl sites for hydroxylation is 1. The van der Waals surface area contributed by atoms with Crippen molar-refractivity contribution < 1.29 is 18.4 Å². The van der Waals surface area contributed by atoms with E-state index in [9.17, 15) is 4.79 Å². The highest BCUT2D eigenvalue weighted by Gasteiger charge is 2.20. The second-order valence-electron chi connectivity index (χ2n) is 6.31. The number of hydrogen-bond acceptors (Lipinski definition) is 8. The van der Waals surface area contributed by atoms with Crippen LogP contribution >= 0.6 is 23.1 Å². The lowest BCUT2D eigenvalue weighted by Crippen LogP contribution is -2.31. The number of hydrogen-bond donors (Lipinski definition) is 0. The lowest BCUT2D eigenvalue weighted by atomic mass is 10.2. The molecule has 0 aliphatic carbocycles. The van der Waals surface area contributed by atoms with Crippen molar-refractivity contribution in [1.82, 2.24) is 10.2 Å². The van der Waals surface area contributed by atoms with Crippen LogP contribution in [0.15, 0.2) is 68.2 Å². The van der Waals surface area contributed by atoms with Gasteiger partial charge in [0.05, 0.1) is 31.2 Å². The van der Waals surface area contributed by atoms with E-state index in [0.29, 0.717) is 23.4 Å². The standard InChI is InChI=1S/C21H19N3O4S2/c1-14-18(9-10-27-14)20-22-23-21(28-20)30-13-19(25)24(12-17-4-3-11-29-17)15-5-7-16(26-2)8-6-15/h3-11H,12-13H2,1-2H3. The van der Waals surface area contributed by atoms with Gasteiger partial charge in [-0.1, -0.05) is 17.8 Å². The zero-order valence-electron chi connectivity index (χ0n) is 16.4. The van der Waals surface area contributed by atoms with Gasteiger partial charge >= 0.3 is 0 Å². The number of nitrogens with zero attached hydrogens (tertiary/aromatic N) is 3. The Balaban J connectivity index is 1.47. The Labute approximate surface area is 181 Å². The van der Waals surface area contributed by atoms with Crippen LogP contribution < -0.4 is 9.64 Å². The fourth-order valence-corrected chi connectivity index (χ4v) is 4.16. The van der Waals surface area contributed by atoms with Gasteiger partial charge in [-0.05, 0) is 48.7 Å². The van der Waals surface area contributed by atoms with Crippen LogP contribution in [-0.4, -0.2) is 29.0 Å². The molecule has 3 heterocycles. The van der Waals surface area contributed by atoms with Crippen LogP contribution in [0.25, 0.3) is 11.5 Å². The summed E-state index contributed by atoms with van der Waals surface area (Å²) < 4.78 is 16.2. The lowest BCUT2D eigenvalue weighted by Gasteiger charge is -2.22. The third-order valence-electron chi connectivity index (χ3n) is 4.39. The first kappa shape index (κ1) is 20.2. The Bertz CT molecular complexity index is 1100. The third-order valence-corrected chi connectivity index (χ3v) is 6.06. The molecular formula is C21H19N3O4S2. The average molecular weight is 442 g/mol. The van der Waals surface area contributed by atoms with Crippen molar-refractivity contribution in [2.24, 2.45) is 0 Å². The number of aromatic nitrogens is 2. The van der Waals surface area contributed by atoms with Crippen LogP contribution in [0, 0.1) is 6.92 Å². The second-order valence-corrected chi connectivity index (χ2v) is 8.27. The Hall–Kier alpha value is -3.04. The maximum Gasteiger partial charge on any atom is 0.277 e. The maximum atomic E-state index is 13.1. The third kappa shape index (κ3) is 4.58. The molecule has 0 saturated heterocycles. The fraction of sp³-hybridized carbons (Fsp3) is 0.190. The van der Waals surface area contributed by atoms with E-state index in [1.807, 2.05) is 48.7 Å². The summed E-state index contributed by atoms with van der Waals surface area (Å²) in [4.78, 5) is 15.9. The van der Waals surface area contributed by atoms with Crippen LogP contribution in [0.1, 0.15) is 10.6 Å². The molecule has 0 N–H and O–H groups in total. The molecule has 7 nitrogen and oxygen atoms in total. The number of rotatable bonds is 8. The van der Waals surface area contributed by atoms with E-state index in [1.165, 1.54) is 11.8 Å². The van der Waals surface area contributed by atoms with Crippen LogP contribution in [0.2, 0.25) is 0 Å². The number of thioether (sulfide) groups is 1. The van der Waals surface area contributed by atoms with E-state index < -0.39 is 0 Å². The summed E-state index contributed by atoms with van der Waals surface area (Å²) in [6.45, 7) is 2.32. The van der Waals surface area contributed by atoms with Crippen molar-refractivity contribution in [3.05, 3.63) is 64.7 Å². The summed E-state index contributed by atoms with van der Waals surface area (Å²) >= 11 is 2.83. The first-order chi connectivity index (χ1) is 14.6. The molecule has 30 heavy (non-hydrogen) atoms. The van der Waals surface area contributed by atoms with E-state index in [2.05, 4.69) is 10.2 Å². The Kier molecular flexibility index (Phi) is 6.20. The lowest BCUT2D eigenvalue weighted by molar-refractivity contribution is -0.116. The summed E-state index contributed by atoms with van der Waals surface area (Å²) in [5, 5.41) is 10.4. The molecule has 0 bridgehead atoms. The minimum Gasteiger partial charge on any atom is -0.497 e. The number of thiophene rings is 1. The van der Waals surface area contributed by atoms with Crippen LogP contribution in [0.5, 0.6) is 5.75 Å². The van der Waals surface area contributed by atoms with Crippen molar-refractivity contribution >= 4 is 34.7 Å². The van der Waals surface area contributed by atoms with Crippen LogP contribution in [0.3, 0.4) is 0 Å². The summed E-state index contributed by atoms with van der Waals surface area (Å²) in [5.74, 6) is 1.93. The average Bonchev–Trinajstić information content (AvgIpc) is 3.52. The van der Waals surface area contributed by atoms with E-state index >= 15 is 0 Å². The number of anilines is 1. The predicted molar refractivity (Wildman–Crippen MR) is 116 cm³/mol. The van der Waals surface area contributed by atoms with Gasteiger partial charge in [0, 0.05) is 10.6 Å². The maximum absolute atomic E-state index is 13.1. The van der Waals surface area contributed by atoms with Gasteiger partial charge < -0.3 is 18.5 Å². The van der Waals surface area contributed by atoms with Crippen molar-refractivity contribution in [3.8, 4) is 17.2 Å². The molecule has 0 saturated carbocycles. The molecule has 0 spiro atoms. The van der Waals surface area contributed by atoms with Gasteiger partial charge in [0.25, 0.3) is 11.1 Å². The van der Waals surface area contributed by atoms with E-state index in [1.54, 1.807) is 35.7 Å². The number of amides is 1. The molecule has 0 aliphatic heterocycles. The topological polar surface area (TPSA) is 81.6 Å². The Morgan fingerprint density at radius 3 is 2.70 bits per heavy atom. The molecule has 3 aromatic heterocycles. The molecular weight excluding hydrogens is 422 g/mol. The van der Waals surface area contributed by atoms with Crippen LogP contribution in [-0.2, 0) is 11.3 Å². The van der Waals surface area contributed by atoms with Crippen molar-refractivity contribution in [2.45, 2.75) is 18.7 Å². The van der Waals surface area contributed by atoms with Gasteiger partial charge in [0.1, 0.15) is 11.5 Å². The van der Waals surface area contributed by atoms with Gasteiger partial charge in [-0.2, -0.15) is 0 Å². The summed E-state index contributed by atoms with van der Waals surface area (Å²) in [6, 6.07) is 13.2. The highest BCUT2D eigenvalue weighted by atomic mass is 32.2.